The number of hydrogen-bond acceptors (Lipinski definition) is 1. The van der Waals surface area contributed by atoms with Crippen LogP contribution in [0.5, 0.6) is 0 Å². The third-order valence-electron chi connectivity index (χ3n) is 3.24. The van der Waals surface area contributed by atoms with E-state index in [9.17, 15) is 5.11 Å². The van der Waals surface area contributed by atoms with Gasteiger partial charge >= 0.3 is 0 Å². The quantitative estimate of drug-likeness (QED) is 0.417. The van der Waals surface area contributed by atoms with Crippen molar-refractivity contribution >= 4 is 0 Å². The molecule has 0 heterocycles. The van der Waals surface area contributed by atoms with Gasteiger partial charge in [0.05, 0.1) is 6.10 Å². The van der Waals surface area contributed by atoms with E-state index in [0.29, 0.717) is 0 Å². The third kappa shape index (κ3) is 10.2. The number of aliphatic hydroxyl groups is 1. The van der Waals surface area contributed by atoms with E-state index in [1.807, 2.05) is 0 Å². The molecule has 1 heteroatoms. The summed E-state index contributed by atoms with van der Waals surface area (Å²) in [6.45, 7) is 6.48. The maximum Gasteiger partial charge on any atom is 0.0540 e. The first-order valence-electron chi connectivity index (χ1n) is 7.00. The van der Waals surface area contributed by atoms with Gasteiger partial charge in [0, 0.05) is 0 Å². The molecule has 0 bridgehead atoms. The summed E-state index contributed by atoms with van der Waals surface area (Å²) >= 11 is 0. The van der Waals surface area contributed by atoms with Crippen LogP contribution in [-0.2, 0) is 0 Å². The van der Waals surface area contributed by atoms with Gasteiger partial charge in [0.25, 0.3) is 0 Å². The molecule has 0 fully saturated rings. The highest BCUT2D eigenvalue weighted by molar-refractivity contribution is 4.94. The van der Waals surface area contributed by atoms with Crippen molar-refractivity contribution in [1.29, 1.82) is 0 Å². The molecule has 0 aliphatic rings. The molecule has 0 aromatic carbocycles. The summed E-state index contributed by atoms with van der Waals surface area (Å²) in [5, 5.41) is 9.77. The molecule has 1 nitrogen and oxygen atoms in total. The van der Waals surface area contributed by atoms with Crippen molar-refractivity contribution in [3.63, 3.8) is 0 Å². The van der Waals surface area contributed by atoms with E-state index >= 15 is 0 Å². The van der Waals surface area contributed by atoms with Gasteiger partial charge in [0.1, 0.15) is 0 Å². The first kappa shape index (κ1) is 15.7. The van der Waals surface area contributed by atoms with Crippen LogP contribution in [0, 0.1) is 0 Å². The van der Waals surface area contributed by atoms with Crippen molar-refractivity contribution in [3.05, 3.63) is 11.6 Å². The Kier molecular flexibility index (Phi) is 11.0. The molecular formula is C15H30O. The van der Waals surface area contributed by atoms with Gasteiger partial charge in [-0.25, -0.2) is 0 Å². The molecule has 0 aromatic rings. The summed E-state index contributed by atoms with van der Waals surface area (Å²) in [5.74, 6) is 0. The molecule has 96 valence electrons. The molecule has 1 atom stereocenters. The Morgan fingerprint density at radius 2 is 1.69 bits per heavy atom. The van der Waals surface area contributed by atoms with Crippen LogP contribution in [0.3, 0.4) is 0 Å². The Hall–Kier alpha value is -0.300. The highest BCUT2D eigenvalue weighted by atomic mass is 16.3. The molecule has 0 aliphatic carbocycles. The van der Waals surface area contributed by atoms with E-state index in [-0.39, 0.29) is 6.10 Å². The second-order valence-electron chi connectivity index (χ2n) is 4.88. The van der Waals surface area contributed by atoms with Crippen LogP contribution in [-0.4, -0.2) is 11.2 Å². The van der Waals surface area contributed by atoms with Gasteiger partial charge in [-0.05, 0) is 39.5 Å². The lowest BCUT2D eigenvalue weighted by molar-refractivity contribution is 0.148. The van der Waals surface area contributed by atoms with Gasteiger partial charge in [-0.3, -0.25) is 0 Å². The molecule has 0 aliphatic heterocycles. The van der Waals surface area contributed by atoms with Crippen molar-refractivity contribution in [3.8, 4) is 0 Å². The Bertz CT molecular complexity index is 172. The number of aliphatic hydroxyl groups excluding tert-OH is 1. The fraction of sp³-hybridized carbons (Fsp3) is 0.867. The summed E-state index contributed by atoms with van der Waals surface area (Å²) in [4.78, 5) is 0. The van der Waals surface area contributed by atoms with Crippen molar-refractivity contribution in [2.24, 2.45) is 0 Å². The number of allylic oxidation sites excluding steroid dienone is 2. The zero-order valence-electron chi connectivity index (χ0n) is 11.5. The highest BCUT2D eigenvalue weighted by Gasteiger charge is 2.03. The van der Waals surface area contributed by atoms with E-state index in [2.05, 4.69) is 26.8 Å². The number of hydrogen-bond donors (Lipinski definition) is 1. The maximum absolute atomic E-state index is 9.77. The summed E-state index contributed by atoms with van der Waals surface area (Å²) in [6, 6.07) is 0. The second-order valence-corrected chi connectivity index (χ2v) is 4.88. The predicted molar refractivity (Wildman–Crippen MR) is 72.7 cm³/mol. The molecule has 0 spiro atoms. The van der Waals surface area contributed by atoms with Crippen molar-refractivity contribution in [2.75, 3.05) is 0 Å². The van der Waals surface area contributed by atoms with Gasteiger partial charge in [0.2, 0.25) is 0 Å². The molecule has 0 aromatic heterocycles. The monoisotopic (exact) mass is 226 g/mol. The van der Waals surface area contributed by atoms with E-state index in [4.69, 9.17) is 0 Å². The Balaban J connectivity index is 3.27. The standard InChI is InChI=1S/C15H30O/c1-4-6-7-8-9-12-15(16)13-10-11-14(3)5-2/h5,15-16H,4,6-13H2,1-3H3/b14-5+. The van der Waals surface area contributed by atoms with Crippen LogP contribution in [0.15, 0.2) is 11.6 Å². The van der Waals surface area contributed by atoms with Crippen LogP contribution in [0.25, 0.3) is 0 Å². The van der Waals surface area contributed by atoms with Gasteiger partial charge in [-0.2, -0.15) is 0 Å². The van der Waals surface area contributed by atoms with E-state index < -0.39 is 0 Å². The largest absolute Gasteiger partial charge is 0.393 e. The molecule has 16 heavy (non-hydrogen) atoms. The molecule has 0 rings (SSSR count). The first-order chi connectivity index (χ1) is 7.70. The van der Waals surface area contributed by atoms with Crippen LogP contribution in [0.1, 0.15) is 78.6 Å². The number of unbranched alkanes of at least 4 members (excludes halogenated alkanes) is 4. The third-order valence-corrected chi connectivity index (χ3v) is 3.24. The fourth-order valence-corrected chi connectivity index (χ4v) is 1.89. The summed E-state index contributed by atoms with van der Waals surface area (Å²) in [6.07, 6.45) is 12.8. The fourth-order valence-electron chi connectivity index (χ4n) is 1.89. The van der Waals surface area contributed by atoms with Crippen molar-refractivity contribution < 1.29 is 5.11 Å². The molecule has 0 saturated carbocycles. The minimum atomic E-state index is -0.0636. The maximum atomic E-state index is 9.77. The Labute approximate surface area is 102 Å². The van der Waals surface area contributed by atoms with E-state index in [0.717, 1.165) is 25.7 Å². The zero-order valence-corrected chi connectivity index (χ0v) is 11.5. The van der Waals surface area contributed by atoms with Crippen LogP contribution in [0.4, 0.5) is 0 Å². The first-order valence-corrected chi connectivity index (χ1v) is 7.00. The van der Waals surface area contributed by atoms with Crippen LogP contribution >= 0.6 is 0 Å². The molecule has 0 radical (unpaired) electrons. The second kappa shape index (κ2) is 11.2. The highest BCUT2D eigenvalue weighted by Crippen LogP contribution is 2.13. The number of rotatable bonds is 10. The lowest BCUT2D eigenvalue weighted by Crippen LogP contribution is -2.06. The van der Waals surface area contributed by atoms with E-state index in [1.165, 1.54) is 37.7 Å². The Morgan fingerprint density at radius 3 is 2.31 bits per heavy atom. The Morgan fingerprint density at radius 1 is 1.06 bits per heavy atom. The van der Waals surface area contributed by atoms with Crippen LogP contribution in [0.2, 0.25) is 0 Å². The van der Waals surface area contributed by atoms with Gasteiger partial charge in [-0.15, -0.1) is 0 Å². The lowest BCUT2D eigenvalue weighted by Gasteiger charge is -2.10. The SMILES string of the molecule is C/C=C(\C)CCCC(O)CCCCCCC. The van der Waals surface area contributed by atoms with Gasteiger partial charge in [0.15, 0.2) is 0 Å². The zero-order chi connectivity index (χ0) is 12.2. The van der Waals surface area contributed by atoms with Gasteiger partial charge < -0.3 is 5.11 Å². The molecule has 1 N–H and O–H groups in total. The molecule has 1 unspecified atom stereocenters. The minimum absolute atomic E-state index is 0.0636. The summed E-state index contributed by atoms with van der Waals surface area (Å²) in [7, 11) is 0. The minimum Gasteiger partial charge on any atom is -0.393 e. The molecular weight excluding hydrogens is 196 g/mol. The average molecular weight is 226 g/mol. The van der Waals surface area contributed by atoms with Crippen molar-refractivity contribution in [2.45, 2.75) is 84.7 Å². The summed E-state index contributed by atoms with van der Waals surface area (Å²) in [5.41, 5.74) is 1.44. The normalized spacial score (nSPS) is 14.1. The average Bonchev–Trinajstić information content (AvgIpc) is 2.28. The lowest BCUT2D eigenvalue weighted by atomic mass is 10.0. The smallest absolute Gasteiger partial charge is 0.0540 e. The molecule has 0 amide bonds. The summed E-state index contributed by atoms with van der Waals surface area (Å²) < 4.78 is 0. The molecule has 0 saturated heterocycles. The predicted octanol–water partition coefficient (Wildman–Crippen LogP) is 4.84. The van der Waals surface area contributed by atoms with E-state index in [1.54, 1.807) is 0 Å². The topological polar surface area (TPSA) is 20.2 Å². The van der Waals surface area contributed by atoms with Crippen molar-refractivity contribution in [1.82, 2.24) is 0 Å². The van der Waals surface area contributed by atoms with Gasteiger partial charge in [-0.1, -0.05) is 50.7 Å². The van der Waals surface area contributed by atoms with Crippen LogP contribution < -0.4 is 0 Å².